The van der Waals surface area contributed by atoms with Crippen LogP contribution in [0.4, 0.5) is 89.4 Å². The van der Waals surface area contributed by atoms with Crippen molar-refractivity contribution in [3.8, 4) is 0 Å². The first-order valence-electron chi connectivity index (χ1n) is 18.8. The van der Waals surface area contributed by atoms with Gasteiger partial charge in [0.25, 0.3) is 11.4 Å². The molecule has 27 heteroatoms. The van der Waals surface area contributed by atoms with E-state index in [4.69, 9.17) is 22.9 Å². The van der Waals surface area contributed by atoms with Crippen molar-refractivity contribution in [3.05, 3.63) is 80.6 Å². The van der Waals surface area contributed by atoms with E-state index >= 15 is 0 Å². The predicted octanol–water partition coefficient (Wildman–Crippen LogP) is 5.59. The number of hydrogen-bond acceptors (Lipinski definition) is 14. The number of rotatable bonds is 7. The number of nitrogen functional groups attached to an aromatic ring is 4. The smallest absolute Gasteiger partial charge is 0.397 e. The SMILES string of the molecule is Cl.FC(F)(F)CN1CCNCC1.Nc1cc(F)ccc1[N+](=O)[O-].Nc1cc(N2CCN(CC(F)(F)F)CC2)ccc1[N+](=O)[O-].Nc1ccc(N2CCN(CC(F)(F)F)CC2)cc1N. The number of anilines is 6. The Morgan fingerprint density at radius 3 is 1.21 bits per heavy atom. The Morgan fingerprint density at radius 2 is 0.857 bits per heavy atom. The van der Waals surface area contributed by atoms with E-state index < -0.39 is 53.8 Å². The number of nitro groups is 2. The lowest BCUT2D eigenvalue weighted by atomic mass is 10.2. The lowest BCUT2D eigenvalue weighted by molar-refractivity contribution is -0.384. The van der Waals surface area contributed by atoms with Crippen molar-refractivity contribution < 1.29 is 53.8 Å². The van der Waals surface area contributed by atoms with Gasteiger partial charge < -0.3 is 38.1 Å². The van der Waals surface area contributed by atoms with Crippen molar-refractivity contribution in [2.45, 2.75) is 18.5 Å². The van der Waals surface area contributed by atoms with Crippen molar-refractivity contribution in [2.75, 3.05) is 131 Å². The van der Waals surface area contributed by atoms with Gasteiger partial charge in [-0.2, -0.15) is 39.5 Å². The van der Waals surface area contributed by atoms with Crippen LogP contribution in [-0.4, -0.2) is 141 Å². The van der Waals surface area contributed by atoms with Crippen LogP contribution in [0, 0.1) is 26.0 Å². The maximum absolute atomic E-state index is 12.3. The first-order valence-corrected chi connectivity index (χ1v) is 18.8. The Morgan fingerprint density at radius 1 is 0.508 bits per heavy atom. The standard InChI is InChI=1S/C12H15F3N4O2.C12H17F3N4.C6H11F3N2.C6H5FN2O2.ClH/c13-12(14,15)8-17-3-5-18(6-4-17)9-1-2-11(19(20)21)10(16)7-9;13-12(14,15)8-18-3-5-19(6-4-18)9-1-2-10(16)11(17)7-9;7-6(8,9)5-11-3-1-10-2-4-11;7-4-1-2-6(9(10)11)5(8)3-4;/h1-2,7H,3-6,8,16H2;1-2,7H,3-6,8,16-17H2;10H,1-5H2;1-3H,8H2;1H. The Hall–Kier alpha value is -5.31. The van der Waals surface area contributed by atoms with Gasteiger partial charge in [0, 0.05) is 108 Å². The lowest BCUT2D eigenvalue weighted by Crippen LogP contribution is -2.49. The molecule has 0 bridgehead atoms. The van der Waals surface area contributed by atoms with Crippen molar-refractivity contribution in [1.82, 2.24) is 20.0 Å². The number of nitrogens with two attached hydrogens (primary N) is 4. The maximum atomic E-state index is 12.3. The molecule has 0 atom stereocenters. The number of hydrogen-bond donors (Lipinski definition) is 5. The van der Waals surface area contributed by atoms with E-state index in [1.165, 1.54) is 26.8 Å². The summed E-state index contributed by atoms with van der Waals surface area (Å²) in [4.78, 5) is 27.6. The van der Waals surface area contributed by atoms with Crippen LogP contribution in [0.25, 0.3) is 0 Å². The molecule has 3 heterocycles. The van der Waals surface area contributed by atoms with Crippen LogP contribution in [0.3, 0.4) is 0 Å². The van der Waals surface area contributed by atoms with E-state index in [-0.39, 0.29) is 48.2 Å². The molecule has 6 rings (SSSR count). The van der Waals surface area contributed by atoms with Crippen LogP contribution in [0.2, 0.25) is 0 Å². The van der Waals surface area contributed by atoms with Gasteiger partial charge in [0.2, 0.25) is 0 Å². The number of nitrogens with zero attached hydrogens (tertiary/aromatic N) is 7. The number of nitro benzene ring substituents is 2. The first kappa shape index (κ1) is 53.8. The third kappa shape index (κ3) is 19.7. The van der Waals surface area contributed by atoms with Crippen molar-refractivity contribution >= 4 is 57.9 Å². The molecule has 3 fully saturated rings. The average molecular weight is 939 g/mol. The summed E-state index contributed by atoms with van der Waals surface area (Å²) in [7, 11) is 0. The zero-order valence-corrected chi connectivity index (χ0v) is 34.4. The van der Waals surface area contributed by atoms with Crippen LogP contribution in [0.1, 0.15) is 0 Å². The summed E-state index contributed by atoms with van der Waals surface area (Å²) >= 11 is 0. The Kier molecular flexibility index (Phi) is 20.5. The summed E-state index contributed by atoms with van der Waals surface area (Å²) in [5.41, 5.74) is 24.2. The van der Waals surface area contributed by atoms with Gasteiger partial charge >= 0.3 is 18.5 Å². The summed E-state index contributed by atoms with van der Waals surface area (Å²) < 4.78 is 121. The summed E-state index contributed by atoms with van der Waals surface area (Å²) in [5, 5.41) is 23.8. The molecule has 3 aliphatic heterocycles. The highest BCUT2D eigenvalue weighted by Gasteiger charge is 2.34. The van der Waals surface area contributed by atoms with Crippen molar-refractivity contribution in [2.24, 2.45) is 0 Å². The highest BCUT2D eigenvalue weighted by molar-refractivity contribution is 5.85. The molecule has 0 aliphatic carbocycles. The summed E-state index contributed by atoms with van der Waals surface area (Å²) in [6.07, 6.45) is -12.4. The van der Waals surface area contributed by atoms with Crippen LogP contribution in [-0.2, 0) is 0 Å². The molecule has 0 unspecified atom stereocenters. The molecule has 0 saturated carbocycles. The third-order valence-corrected chi connectivity index (χ3v) is 9.36. The molecular weight excluding hydrogens is 890 g/mol. The summed E-state index contributed by atoms with van der Waals surface area (Å²) in [5.74, 6) is -0.576. The second-order valence-electron chi connectivity index (χ2n) is 14.2. The minimum Gasteiger partial charge on any atom is -0.397 e. The van der Waals surface area contributed by atoms with Crippen LogP contribution in [0.5, 0.6) is 0 Å². The molecule has 9 N–H and O–H groups in total. The van der Waals surface area contributed by atoms with Gasteiger partial charge in [-0.3, -0.25) is 34.9 Å². The van der Waals surface area contributed by atoms with Crippen LogP contribution >= 0.6 is 12.4 Å². The molecule has 0 amide bonds. The maximum Gasteiger partial charge on any atom is 0.401 e. The van der Waals surface area contributed by atoms with E-state index in [1.807, 2.05) is 15.9 Å². The second kappa shape index (κ2) is 23.9. The zero-order chi connectivity index (χ0) is 46.4. The van der Waals surface area contributed by atoms with E-state index in [9.17, 15) is 64.1 Å². The highest BCUT2D eigenvalue weighted by Crippen LogP contribution is 2.29. The molecule has 3 aromatic carbocycles. The fourth-order valence-electron chi connectivity index (χ4n) is 6.31. The molecule has 3 aliphatic rings. The van der Waals surface area contributed by atoms with E-state index in [2.05, 4.69) is 5.32 Å². The van der Waals surface area contributed by atoms with Gasteiger partial charge in [0.1, 0.15) is 17.2 Å². The normalized spacial score (nSPS) is 16.5. The molecule has 0 radical (unpaired) electrons. The van der Waals surface area contributed by atoms with Gasteiger partial charge in [-0.1, -0.05) is 0 Å². The van der Waals surface area contributed by atoms with Gasteiger partial charge in [-0.05, 0) is 36.4 Å². The lowest BCUT2D eigenvalue weighted by Gasteiger charge is -2.36. The van der Waals surface area contributed by atoms with Crippen molar-refractivity contribution in [3.63, 3.8) is 0 Å². The Bertz CT molecular complexity index is 1910. The molecule has 0 spiro atoms. The minimum atomic E-state index is -4.19. The van der Waals surface area contributed by atoms with E-state index in [0.717, 1.165) is 23.9 Å². The first-order chi connectivity index (χ1) is 28.8. The van der Waals surface area contributed by atoms with Crippen LogP contribution in [0.15, 0.2) is 54.6 Å². The molecule has 3 saturated heterocycles. The predicted molar refractivity (Wildman–Crippen MR) is 222 cm³/mol. The molecule has 16 nitrogen and oxygen atoms in total. The average Bonchev–Trinajstić information content (AvgIpc) is 3.15. The molecule has 3 aromatic rings. The number of benzene rings is 3. The number of halogens is 11. The fraction of sp³-hybridized carbons (Fsp3) is 0.500. The Labute approximate surface area is 361 Å². The molecular formula is C36H49ClF10N12O4. The van der Waals surface area contributed by atoms with Crippen molar-refractivity contribution in [1.29, 1.82) is 0 Å². The van der Waals surface area contributed by atoms with Gasteiger partial charge in [-0.25, -0.2) is 4.39 Å². The van der Waals surface area contributed by atoms with E-state index in [1.54, 1.807) is 18.2 Å². The summed E-state index contributed by atoms with van der Waals surface area (Å²) in [6.45, 7) is 3.12. The van der Waals surface area contributed by atoms with Gasteiger partial charge in [0.15, 0.2) is 0 Å². The summed E-state index contributed by atoms with van der Waals surface area (Å²) in [6, 6.07) is 12.6. The number of nitrogens with one attached hydrogen (secondary N) is 1. The number of alkyl halides is 9. The van der Waals surface area contributed by atoms with E-state index in [0.29, 0.717) is 82.5 Å². The molecule has 354 valence electrons. The number of piperazine rings is 3. The highest BCUT2D eigenvalue weighted by atomic mass is 35.5. The minimum absolute atomic E-state index is 0. The zero-order valence-electron chi connectivity index (χ0n) is 33.6. The largest absolute Gasteiger partial charge is 0.401 e. The second-order valence-corrected chi connectivity index (χ2v) is 14.2. The van der Waals surface area contributed by atoms with Gasteiger partial charge in [-0.15, -0.1) is 12.4 Å². The monoisotopic (exact) mass is 938 g/mol. The molecule has 0 aromatic heterocycles. The van der Waals surface area contributed by atoms with Crippen LogP contribution < -0.4 is 38.1 Å². The molecule has 63 heavy (non-hydrogen) atoms. The Balaban J connectivity index is 0.000000299. The quantitative estimate of drug-likeness (QED) is 0.0845. The fourth-order valence-corrected chi connectivity index (χ4v) is 6.31. The third-order valence-electron chi connectivity index (χ3n) is 9.36. The van der Waals surface area contributed by atoms with Gasteiger partial charge in [0.05, 0.1) is 40.9 Å². The topological polar surface area (TPSA) is 219 Å².